The van der Waals surface area contributed by atoms with Gasteiger partial charge in [-0.25, -0.2) is 4.79 Å². The van der Waals surface area contributed by atoms with Crippen LogP contribution >= 0.6 is 0 Å². The SMILES string of the molecule is O=C(OCc1ccccc1)N1[C@H]2CN[C@H](C(F)(F)F)[C@@H]1C2. The van der Waals surface area contributed by atoms with Crippen LogP contribution in [0.25, 0.3) is 0 Å². The number of piperidine rings is 1. The lowest BCUT2D eigenvalue weighted by molar-refractivity contribution is -0.198. The highest BCUT2D eigenvalue weighted by atomic mass is 19.4. The van der Waals surface area contributed by atoms with Crippen molar-refractivity contribution in [1.29, 1.82) is 0 Å². The van der Waals surface area contributed by atoms with Crippen molar-refractivity contribution in [2.24, 2.45) is 0 Å². The number of nitrogens with one attached hydrogen (secondary N) is 1. The Balaban J connectivity index is 1.61. The zero-order chi connectivity index (χ0) is 15.0. The predicted octanol–water partition coefficient (Wildman–Crippen LogP) is 2.30. The molecule has 3 rings (SSSR count). The van der Waals surface area contributed by atoms with Gasteiger partial charge in [-0.1, -0.05) is 30.3 Å². The molecular formula is C14H15F3N2O2. The molecule has 3 atom stereocenters. The summed E-state index contributed by atoms with van der Waals surface area (Å²) in [6.45, 7) is 0.223. The van der Waals surface area contributed by atoms with E-state index in [0.717, 1.165) is 5.56 Å². The van der Waals surface area contributed by atoms with Crippen LogP contribution in [0.3, 0.4) is 0 Å². The first kappa shape index (κ1) is 14.2. The standard InChI is InChI=1S/C14H15F3N2O2/c15-14(16,17)12-11-6-10(7-18-12)19(11)13(20)21-8-9-4-2-1-3-5-9/h1-5,10-12,18H,6-8H2/t10-,11+,12+/m1/s1. The summed E-state index contributed by atoms with van der Waals surface area (Å²) in [7, 11) is 0. The molecule has 0 unspecified atom stereocenters. The number of piperazine rings is 1. The number of fused-ring (bicyclic) bond motifs is 2. The molecule has 1 aromatic rings. The lowest BCUT2D eigenvalue weighted by Gasteiger charge is -2.55. The number of amides is 1. The van der Waals surface area contributed by atoms with Crippen LogP contribution < -0.4 is 5.32 Å². The number of hydrogen-bond acceptors (Lipinski definition) is 3. The maximum Gasteiger partial charge on any atom is 0.410 e. The molecule has 2 saturated heterocycles. The summed E-state index contributed by atoms with van der Waals surface area (Å²) < 4.78 is 43.7. The highest BCUT2D eigenvalue weighted by Gasteiger charge is 2.58. The van der Waals surface area contributed by atoms with Crippen LogP contribution in [0.15, 0.2) is 30.3 Å². The fourth-order valence-corrected chi connectivity index (χ4v) is 2.93. The molecule has 2 bridgehead atoms. The van der Waals surface area contributed by atoms with Gasteiger partial charge in [0.15, 0.2) is 0 Å². The topological polar surface area (TPSA) is 41.6 Å². The van der Waals surface area contributed by atoms with E-state index in [2.05, 4.69) is 5.32 Å². The van der Waals surface area contributed by atoms with E-state index < -0.39 is 24.4 Å². The number of ether oxygens (including phenoxy) is 1. The molecule has 0 radical (unpaired) electrons. The Kier molecular flexibility index (Phi) is 3.52. The normalized spacial score (nSPS) is 28.0. The van der Waals surface area contributed by atoms with E-state index in [-0.39, 0.29) is 19.2 Å². The monoisotopic (exact) mass is 300 g/mol. The summed E-state index contributed by atoms with van der Waals surface area (Å²) in [4.78, 5) is 13.2. The van der Waals surface area contributed by atoms with Crippen molar-refractivity contribution in [2.45, 2.75) is 37.3 Å². The predicted molar refractivity (Wildman–Crippen MR) is 68.5 cm³/mol. The lowest BCUT2D eigenvalue weighted by Crippen LogP contribution is -2.76. The van der Waals surface area contributed by atoms with Gasteiger partial charge in [0.2, 0.25) is 0 Å². The van der Waals surface area contributed by atoms with Gasteiger partial charge in [0.05, 0.1) is 6.04 Å². The number of benzene rings is 1. The highest BCUT2D eigenvalue weighted by Crippen LogP contribution is 2.39. The van der Waals surface area contributed by atoms with Gasteiger partial charge in [-0.05, 0) is 12.0 Å². The van der Waals surface area contributed by atoms with Crippen LogP contribution in [0.2, 0.25) is 0 Å². The Morgan fingerprint density at radius 3 is 2.67 bits per heavy atom. The largest absolute Gasteiger partial charge is 0.445 e. The molecule has 0 spiro atoms. The molecule has 2 fully saturated rings. The Labute approximate surface area is 119 Å². The Hall–Kier alpha value is -1.76. The van der Waals surface area contributed by atoms with Crippen molar-refractivity contribution >= 4 is 6.09 Å². The first-order valence-electron chi connectivity index (χ1n) is 6.76. The second kappa shape index (κ2) is 5.22. The Bertz CT molecular complexity index is 519. The molecule has 21 heavy (non-hydrogen) atoms. The molecule has 1 aromatic carbocycles. The molecule has 0 saturated carbocycles. The number of rotatable bonds is 2. The van der Waals surface area contributed by atoms with Crippen LogP contribution in [-0.2, 0) is 11.3 Å². The van der Waals surface area contributed by atoms with Crippen LogP contribution in [-0.4, -0.2) is 41.8 Å². The molecule has 0 aliphatic carbocycles. The van der Waals surface area contributed by atoms with E-state index in [1.807, 2.05) is 18.2 Å². The molecule has 2 aliphatic heterocycles. The molecule has 1 N–H and O–H groups in total. The molecular weight excluding hydrogens is 285 g/mol. The molecule has 1 amide bonds. The molecule has 4 nitrogen and oxygen atoms in total. The van der Waals surface area contributed by atoms with Crippen molar-refractivity contribution in [1.82, 2.24) is 10.2 Å². The van der Waals surface area contributed by atoms with Crippen LogP contribution in [0, 0.1) is 0 Å². The fourth-order valence-electron chi connectivity index (χ4n) is 2.93. The van der Waals surface area contributed by atoms with Crippen molar-refractivity contribution in [3.63, 3.8) is 0 Å². The third-order valence-electron chi connectivity index (χ3n) is 3.99. The van der Waals surface area contributed by atoms with E-state index in [1.54, 1.807) is 12.1 Å². The van der Waals surface area contributed by atoms with Crippen LogP contribution in [0.1, 0.15) is 12.0 Å². The average molecular weight is 300 g/mol. The van der Waals surface area contributed by atoms with Crippen molar-refractivity contribution < 1.29 is 22.7 Å². The van der Waals surface area contributed by atoms with Gasteiger partial charge in [0.1, 0.15) is 12.6 Å². The molecule has 7 heteroatoms. The first-order valence-corrected chi connectivity index (χ1v) is 6.76. The van der Waals surface area contributed by atoms with Crippen LogP contribution in [0.4, 0.5) is 18.0 Å². The zero-order valence-electron chi connectivity index (χ0n) is 11.1. The number of carbonyl (C=O) groups excluding carboxylic acids is 1. The van der Waals surface area contributed by atoms with Gasteiger partial charge in [-0.3, -0.25) is 4.90 Å². The van der Waals surface area contributed by atoms with E-state index in [4.69, 9.17) is 4.74 Å². The minimum atomic E-state index is -4.35. The summed E-state index contributed by atoms with van der Waals surface area (Å²) in [6, 6.07) is 6.34. The van der Waals surface area contributed by atoms with Gasteiger partial charge in [0.25, 0.3) is 0 Å². The molecule has 2 heterocycles. The fraction of sp³-hybridized carbons (Fsp3) is 0.500. The van der Waals surface area contributed by atoms with E-state index in [1.165, 1.54) is 4.90 Å². The number of halogens is 3. The Morgan fingerprint density at radius 1 is 1.33 bits per heavy atom. The van der Waals surface area contributed by atoms with E-state index in [0.29, 0.717) is 6.42 Å². The van der Waals surface area contributed by atoms with Crippen LogP contribution in [0.5, 0.6) is 0 Å². The quantitative estimate of drug-likeness (QED) is 0.911. The van der Waals surface area contributed by atoms with Gasteiger partial charge < -0.3 is 10.1 Å². The van der Waals surface area contributed by atoms with Crippen molar-refractivity contribution in [2.75, 3.05) is 6.54 Å². The summed E-state index contributed by atoms with van der Waals surface area (Å²) in [6.07, 6.45) is -4.65. The second-order valence-corrected chi connectivity index (χ2v) is 5.33. The summed E-state index contributed by atoms with van der Waals surface area (Å²) >= 11 is 0. The van der Waals surface area contributed by atoms with Crippen molar-refractivity contribution in [3.05, 3.63) is 35.9 Å². The van der Waals surface area contributed by atoms with Gasteiger partial charge in [0, 0.05) is 12.6 Å². The van der Waals surface area contributed by atoms with Gasteiger partial charge in [-0.15, -0.1) is 0 Å². The van der Waals surface area contributed by atoms with E-state index >= 15 is 0 Å². The smallest absolute Gasteiger partial charge is 0.410 e. The maximum atomic E-state index is 12.9. The van der Waals surface area contributed by atoms with Gasteiger partial charge in [-0.2, -0.15) is 13.2 Å². The molecule has 2 aliphatic rings. The van der Waals surface area contributed by atoms with E-state index in [9.17, 15) is 18.0 Å². The average Bonchev–Trinajstić information content (AvgIpc) is 2.45. The number of nitrogens with zero attached hydrogens (tertiary/aromatic N) is 1. The first-order chi connectivity index (χ1) is 9.97. The highest BCUT2D eigenvalue weighted by molar-refractivity contribution is 5.70. The summed E-state index contributed by atoms with van der Waals surface area (Å²) in [5.74, 6) is 0. The zero-order valence-corrected chi connectivity index (χ0v) is 11.1. The third kappa shape index (κ3) is 2.70. The summed E-state index contributed by atoms with van der Waals surface area (Å²) in [5.41, 5.74) is 0.807. The number of hydrogen-bond donors (Lipinski definition) is 1. The molecule has 114 valence electrons. The summed E-state index contributed by atoms with van der Waals surface area (Å²) in [5, 5.41) is 2.44. The lowest BCUT2D eigenvalue weighted by atomic mass is 9.83. The number of carbonyl (C=O) groups is 1. The Morgan fingerprint density at radius 2 is 2.05 bits per heavy atom. The third-order valence-corrected chi connectivity index (χ3v) is 3.99. The number of alkyl halides is 3. The maximum absolute atomic E-state index is 12.9. The van der Waals surface area contributed by atoms with Gasteiger partial charge >= 0.3 is 12.3 Å². The van der Waals surface area contributed by atoms with Crippen molar-refractivity contribution in [3.8, 4) is 0 Å². The minimum Gasteiger partial charge on any atom is -0.445 e. The second-order valence-electron chi connectivity index (χ2n) is 5.33. The molecule has 0 aromatic heterocycles. The minimum absolute atomic E-state index is 0.0692.